The van der Waals surface area contributed by atoms with Gasteiger partial charge in [0.25, 0.3) is 0 Å². The molecule has 0 atom stereocenters. The Balaban J connectivity index is 0. The molecule has 82 valence electrons. The van der Waals surface area contributed by atoms with Crippen LogP contribution in [-0.4, -0.2) is 9.97 Å². The van der Waals surface area contributed by atoms with E-state index in [9.17, 15) is 3.25 Å². The van der Waals surface area contributed by atoms with E-state index in [0.717, 1.165) is 0 Å². The third-order valence-corrected chi connectivity index (χ3v) is 1.03. The van der Waals surface area contributed by atoms with Crippen LogP contribution in [0.2, 0.25) is 0 Å². The fourth-order valence-electron chi connectivity index (χ4n) is 0.555. The molecular formula is C10H9ClFIrN2. The first-order chi connectivity index (χ1) is 7.00. The zero-order chi connectivity index (χ0) is 10.5. The molecule has 0 fully saturated rings. The number of aromatic nitrogens is 2. The molecule has 0 aliphatic heterocycles. The van der Waals surface area contributed by atoms with E-state index < -0.39 is 0 Å². The van der Waals surface area contributed by atoms with Crippen LogP contribution in [0.25, 0.3) is 0 Å². The van der Waals surface area contributed by atoms with Crippen LogP contribution in [0, 0.1) is 12.1 Å². The van der Waals surface area contributed by atoms with Gasteiger partial charge in [-0.1, -0.05) is 24.8 Å². The van der Waals surface area contributed by atoms with E-state index in [2.05, 4.69) is 22.1 Å². The minimum Gasteiger partial charge on any atom is -0.304 e. The van der Waals surface area contributed by atoms with Gasteiger partial charge in [0.05, 0.1) is 0 Å². The quantitative estimate of drug-likeness (QED) is 0.632. The molecule has 0 radical (unpaired) electrons. The second kappa shape index (κ2) is 15.6. The minimum absolute atomic E-state index is 0. The largest absolute Gasteiger partial charge is 0.304 e. The van der Waals surface area contributed by atoms with Gasteiger partial charge in [0, 0.05) is 0 Å². The summed E-state index contributed by atoms with van der Waals surface area (Å²) in [6.45, 7) is 0. The fraction of sp³-hybridized carbons (Fsp3) is 0. The Morgan fingerprint density at radius 1 is 0.867 bits per heavy atom. The first kappa shape index (κ1) is 16.6. The Morgan fingerprint density at radius 2 is 1.27 bits per heavy atom. The van der Waals surface area contributed by atoms with Crippen molar-refractivity contribution in [3.63, 3.8) is 0 Å². The maximum absolute atomic E-state index is 9.50. The molecule has 2 aromatic rings. The Hall–Kier alpha value is -0.831. The average molecular weight is 404 g/mol. The monoisotopic (exact) mass is 404 g/mol. The molecule has 0 unspecified atom stereocenters. The Kier molecular flexibility index (Phi) is 17.3. The summed E-state index contributed by atoms with van der Waals surface area (Å²) in [6.07, 6.45) is 6.69. The molecule has 5 heteroatoms. The summed E-state index contributed by atoms with van der Waals surface area (Å²) in [6, 6.07) is 12.9. The number of rotatable bonds is 0. The third-order valence-electron chi connectivity index (χ3n) is 1.03. The molecule has 2 heterocycles. The molecule has 0 N–H and O–H groups in total. The van der Waals surface area contributed by atoms with Crippen molar-refractivity contribution in [2.75, 3.05) is 0 Å². The van der Waals surface area contributed by atoms with Crippen molar-refractivity contribution in [2.45, 2.75) is 0 Å². The van der Waals surface area contributed by atoms with Crippen molar-refractivity contribution >= 4 is 12.4 Å². The van der Waals surface area contributed by atoms with Crippen LogP contribution >= 0.6 is 12.4 Å². The van der Waals surface area contributed by atoms with Crippen LogP contribution in [0.5, 0.6) is 0 Å². The van der Waals surface area contributed by atoms with Crippen LogP contribution in [-0.2, 0) is 19.4 Å². The van der Waals surface area contributed by atoms with Crippen molar-refractivity contribution < 1.29 is 22.7 Å². The molecule has 0 aromatic carbocycles. The summed E-state index contributed by atoms with van der Waals surface area (Å²) in [5.74, 6) is 0. The van der Waals surface area contributed by atoms with Gasteiger partial charge in [-0.25, -0.2) is 24.3 Å². The van der Waals surface area contributed by atoms with Gasteiger partial charge < -0.3 is 9.97 Å². The Bertz CT molecular complexity index is 199. The van der Waals surface area contributed by atoms with Crippen LogP contribution in [0.15, 0.2) is 49.1 Å². The molecule has 2 aromatic heterocycles. The molecule has 0 bridgehead atoms. The molecule has 0 saturated carbocycles. The van der Waals surface area contributed by atoms with Crippen molar-refractivity contribution in [1.29, 1.82) is 0 Å². The van der Waals surface area contributed by atoms with Gasteiger partial charge in [0.2, 0.25) is 0 Å². The molecule has 0 amide bonds. The van der Waals surface area contributed by atoms with Gasteiger partial charge >= 0.3 is 22.7 Å². The van der Waals surface area contributed by atoms with Crippen LogP contribution in [0.3, 0.4) is 0 Å². The summed E-state index contributed by atoms with van der Waals surface area (Å²) in [5, 5.41) is 0. The smallest absolute Gasteiger partial charge is 0.0558 e. The van der Waals surface area contributed by atoms with Gasteiger partial charge in [-0.2, -0.15) is 12.1 Å². The number of hydrogen-bond donors (Lipinski definition) is 0. The van der Waals surface area contributed by atoms with E-state index in [1.165, 1.54) is 0 Å². The zero-order valence-electron chi connectivity index (χ0n) is 7.63. The van der Waals surface area contributed by atoms with E-state index in [1.54, 1.807) is 24.8 Å². The molecule has 2 nitrogen and oxygen atoms in total. The standard InChI is InChI=1S/2C5H4N.ClH.FH.Ir/c2*1-2-4-6-5-3-1;;;/h2*1-2,4-5H;2*1H;/q2*-1;;;+3/p-1. The van der Waals surface area contributed by atoms with Crippen molar-refractivity contribution in [2.24, 2.45) is 0 Å². The first-order valence-electron chi connectivity index (χ1n) is 3.65. The molecule has 15 heavy (non-hydrogen) atoms. The first-order valence-corrected chi connectivity index (χ1v) is 4.55. The second-order valence-electron chi connectivity index (χ2n) is 1.91. The van der Waals surface area contributed by atoms with Crippen molar-refractivity contribution in [3.8, 4) is 0 Å². The maximum Gasteiger partial charge on any atom is -0.0558 e. The fourth-order valence-corrected chi connectivity index (χ4v) is 0.555. The van der Waals surface area contributed by atoms with Gasteiger partial charge in [0.1, 0.15) is 0 Å². The van der Waals surface area contributed by atoms with Gasteiger partial charge in [-0.3, -0.25) is 0 Å². The summed E-state index contributed by atoms with van der Waals surface area (Å²) in [4.78, 5) is 7.46. The second-order valence-corrected chi connectivity index (χ2v) is 1.91. The number of pyridine rings is 2. The number of hydrogen-bond acceptors (Lipinski definition) is 2. The van der Waals surface area contributed by atoms with Gasteiger partial charge in [-0.15, -0.1) is 12.4 Å². The van der Waals surface area contributed by atoms with E-state index >= 15 is 0 Å². The molecule has 2 rings (SSSR count). The summed E-state index contributed by atoms with van der Waals surface area (Å²) >= 11 is 0.500. The average Bonchev–Trinajstić information content (AvgIpc) is 2.37. The predicted octanol–water partition coefficient (Wildman–Crippen LogP) is 2.60. The molecule has 0 aliphatic carbocycles. The topological polar surface area (TPSA) is 25.8 Å². The molecule has 0 spiro atoms. The molecule has 0 aliphatic rings. The summed E-state index contributed by atoms with van der Waals surface area (Å²) in [7, 11) is 0. The SMILES string of the molecule is Cl.[F][Ir+2].[c-]1cccnc1.[c-]1cccnc1. The van der Waals surface area contributed by atoms with E-state index in [1.807, 2.05) is 24.3 Å². The van der Waals surface area contributed by atoms with E-state index in [-0.39, 0.29) is 12.4 Å². The maximum atomic E-state index is 9.50. The van der Waals surface area contributed by atoms with Crippen molar-refractivity contribution in [3.05, 3.63) is 61.2 Å². The van der Waals surface area contributed by atoms with Gasteiger partial charge in [0.15, 0.2) is 0 Å². The molecular weight excluding hydrogens is 395 g/mol. The predicted molar refractivity (Wildman–Crippen MR) is 54.5 cm³/mol. The normalized spacial score (nSPS) is 6.80. The zero-order valence-corrected chi connectivity index (χ0v) is 10.8. The van der Waals surface area contributed by atoms with Gasteiger partial charge in [-0.05, 0) is 0 Å². The Labute approximate surface area is 106 Å². The van der Waals surface area contributed by atoms with Crippen LogP contribution in [0.1, 0.15) is 0 Å². The van der Waals surface area contributed by atoms with E-state index in [4.69, 9.17) is 0 Å². The third kappa shape index (κ3) is 13.2. The van der Waals surface area contributed by atoms with Crippen LogP contribution < -0.4 is 0 Å². The number of nitrogens with zero attached hydrogens (tertiary/aromatic N) is 2. The minimum atomic E-state index is 0. The summed E-state index contributed by atoms with van der Waals surface area (Å²) in [5.41, 5.74) is 0. The number of halogens is 2. The Morgan fingerprint density at radius 3 is 1.33 bits per heavy atom. The molecule has 0 saturated heterocycles. The van der Waals surface area contributed by atoms with E-state index in [0.29, 0.717) is 19.4 Å². The van der Waals surface area contributed by atoms with Crippen LogP contribution in [0.4, 0.5) is 3.25 Å². The summed E-state index contributed by atoms with van der Waals surface area (Å²) < 4.78 is 9.50. The van der Waals surface area contributed by atoms with Crippen molar-refractivity contribution in [1.82, 2.24) is 9.97 Å².